The lowest BCUT2D eigenvalue weighted by atomic mass is 10.3. The van der Waals surface area contributed by atoms with Crippen LogP contribution in [0.4, 0.5) is 0 Å². The highest BCUT2D eigenvalue weighted by molar-refractivity contribution is 5.44. The zero-order valence-electron chi connectivity index (χ0n) is 9.03. The standard InChI is InChI=1S/C11H16O4/c1-13-6-3-7-15-11-8-9(12)4-5-10(11)14-2/h4-5,8,12H,3,6-7H2,1-2H3. The second-order valence-corrected chi connectivity index (χ2v) is 3.03. The van der Waals surface area contributed by atoms with Crippen molar-refractivity contribution in [2.45, 2.75) is 6.42 Å². The van der Waals surface area contributed by atoms with Gasteiger partial charge in [-0.3, -0.25) is 0 Å². The van der Waals surface area contributed by atoms with Gasteiger partial charge in [0.2, 0.25) is 0 Å². The van der Waals surface area contributed by atoms with Gasteiger partial charge in [0.05, 0.1) is 13.7 Å². The molecule has 0 saturated heterocycles. The van der Waals surface area contributed by atoms with Crippen molar-refractivity contribution in [1.82, 2.24) is 0 Å². The molecule has 1 rings (SSSR count). The number of phenols is 1. The first-order valence-corrected chi connectivity index (χ1v) is 4.76. The number of benzene rings is 1. The number of methoxy groups -OCH3 is 2. The minimum Gasteiger partial charge on any atom is -0.508 e. The molecule has 0 aliphatic rings. The predicted octanol–water partition coefficient (Wildman–Crippen LogP) is 1.82. The number of aromatic hydroxyl groups is 1. The topological polar surface area (TPSA) is 47.9 Å². The first-order chi connectivity index (χ1) is 7.27. The van der Waals surface area contributed by atoms with E-state index in [9.17, 15) is 5.11 Å². The van der Waals surface area contributed by atoms with E-state index in [4.69, 9.17) is 14.2 Å². The van der Waals surface area contributed by atoms with Crippen LogP contribution in [0, 0.1) is 0 Å². The molecule has 4 nitrogen and oxygen atoms in total. The summed E-state index contributed by atoms with van der Waals surface area (Å²) in [5.74, 6) is 1.33. The average Bonchev–Trinajstić information content (AvgIpc) is 2.25. The summed E-state index contributed by atoms with van der Waals surface area (Å²) in [7, 11) is 3.21. The van der Waals surface area contributed by atoms with E-state index in [1.807, 2.05) is 0 Å². The fourth-order valence-electron chi connectivity index (χ4n) is 1.16. The van der Waals surface area contributed by atoms with E-state index in [1.54, 1.807) is 26.4 Å². The normalized spacial score (nSPS) is 10.0. The molecule has 0 heterocycles. The third-order valence-electron chi connectivity index (χ3n) is 1.90. The maximum absolute atomic E-state index is 9.28. The number of hydrogen-bond donors (Lipinski definition) is 1. The van der Waals surface area contributed by atoms with Gasteiger partial charge in [-0.2, -0.15) is 0 Å². The predicted molar refractivity (Wildman–Crippen MR) is 56.6 cm³/mol. The smallest absolute Gasteiger partial charge is 0.164 e. The Balaban J connectivity index is 2.54. The van der Waals surface area contributed by atoms with Gasteiger partial charge >= 0.3 is 0 Å². The van der Waals surface area contributed by atoms with Crippen molar-refractivity contribution in [2.75, 3.05) is 27.4 Å². The van der Waals surface area contributed by atoms with Crippen LogP contribution < -0.4 is 9.47 Å². The van der Waals surface area contributed by atoms with Crippen molar-refractivity contribution in [2.24, 2.45) is 0 Å². The lowest BCUT2D eigenvalue weighted by molar-refractivity contribution is 0.170. The van der Waals surface area contributed by atoms with E-state index in [-0.39, 0.29) is 5.75 Å². The highest BCUT2D eigenvalue weighted by Gasteiger charge is 2.04. The van der Waals surface area contributed by atoms with E-state index in [2.05, 4.69) is 0 Å². The fourth-order valence-corrected chi connectivity index (χ4v) is 1.16. The summed E-state index contributed by atoms with van der Waals surface area (Å²) in [4.78, 5) is 0. The molecule has 0 aliphatic carbocycles. The van der Waals surface area contributed by atoms with Crippen LogP contribution in [-0.2, 0) is 4.74 Å². The monoisotopic (exact) mass is 212 g/mol. The summed E-state index contributed by atoms with van der Waals surface area (Å²) >= 11 is 0. The SMILES string of the molecule is COCCCOc1cc(O)ccc1OC. The average molecular weight is 212 g/mol. The van der Waals surface area contributed by atoms with Crippen LogP contribution in [0.25, 0.3) is 0 Å². The Morgan fingerprint density at radius 2 is 1.93 bits per heavy atom. The number of rotatable bonds is 6. The largest absolute Gasteiger partial charge is 0.508 e. The van der Waals surface area contributed by atoms with E-state index in [1.165, 1.54) is 6.07 Å². The van der Waals surface area contributed by atoms with Crippen LogP contribution >= 0.6 is 0 Å². The van der Waals surface area contributed by atoms with Crippen LogP contribution in [0.5, 0.6) is 17.2 Å². The molecule has 15 heavy (non-hydrogen) atoms. The molecule has 0 aromatic heterocycles. The van der Waals surface area contributed by atoms with Crippen LogP contribution in [0.2, 0.25) is 0 Å². The summed E-state index contributed by atoms with van der Waals surface area (Å²) in [6.45, 7) is 1.19. The molecule has 0 spiro atoms. The lowest BCUT2D eigenvalue weighted by Crippen LogP contribution is -2.02. The minimum atomic E-state index is 0.164. The molecule has 0 saturated carbocycles. The van der Waals surface area contributed by atoms with Crippen molar-refractivity contribution in [3.63, 3.8) is 0 Å². The van der Waals surface area contributed by atoms with Crippen LogP contribution in [-0.4, -0.2) is 32.5 Å². The van der Waals surface area contributed by atoms with Crippen molar-refractivity contribution in [3.8, 4) is 17.2 Å². The zero-order chi connectivity index (χ0) is 11.1. The summed E-state index contributed by atoms with van der Waals surface area (Å²) in [6.07, 6.45) is 0.801. The molecular formula is C11H16O4. The zero-order valence-corrected chi connectivity index (χ0v) is 9.03. The minimum absolute atomic E-state index is 0.164. The molecule has 0 fully saturated rings. The summed E-state index contributed by atoms with van der Waals surface area (Å²) in [6, 6.07) is 4.76. The molecule has 0 aliphatic heterocycles. The molecule has 0 radical (unpaired) electrons. The first-order valence-electron chi connectivity index (χ1n) is 4.76. The van der Waals surface area contributed by atoms with Gasteiger partial charge in [-0.1, -0.05) is 0 Å². The molecule has 1 N–H and O–H groups in total. The lowest BCUT2D eigenvalue weighted by Gasteiger charge is -2.10. The summed E-state index contributed by atoms with van der Waals surface area (Å²) < 4.78 is 15.4. The van der Waals surface area contributed by atoms with Crippen molar-refractivity contribution in [3.05, 3.63) is 18.2 Å². The van der Waals surface area contributed by atoms with Crippen molar-refractivity contribution in [1.29, 1.82) is 0 Å². The summed E-state index contributed by atoms with van der Waals surface area (Å²) in [5, 5.41) is 9.28. The second-order valence-electron chi connectivity index (χ2n) is 3.03. The Labute approximate surface area is 89.4 Å². The molecule has 1 aromatic carbocycles. The van der Waals surface area contributed by atoms with Gasteiger partial charge in [-0.05, 0) is 12.1 Å². The Morgan fingerprint density at radius 3 is 2.60 bits per heavy atom. The van der Waals surface area contributed by atoms with E-state index >= 15 is 0 Å². The molecule has 0 amide bonds. The van der Waals surface area contributed by atoms with Crippen LogP contribution in [0.1, 0.15) is 6.42 Å². The van der Waals surface area contributed by atoms with E-state index in [0.717, 1.165) is 6.42 Å². The van der Waals surface area contributed by atoms with Gasteiger partial charge in [0, 0.05) is 26.2 Å². The Kier molecular flexibility index (Phi) is 4.77. The maximum Gasteiger partial charge on any atom is 0.164 e. The van der Waals surface area contributed by atoms with Crippen LogP contribution in [0.3, 0.4) is 0 Å². The van der Waals surface area contributed by atoms with Crippen molar-refractivity contribution < 1.29 is 19.3 Å². The van der Waals surface area contributed by atoms with Gasteiger partial charge in [0.1, 0.15) is 5.75 Å². The van der Waals surface area contributed by atoms with Gasteiger partial charge < -0.3 is 19.3 Å². The molecule has 1 aromatic rings. The van der Waals surface area contributed by atoms with Gasteiger partial charge in [0.15, 0.2) is 11.5 Å². The van der Waals surface area contributed by atoms with Gasteiger partial charge in [-0.25, -0.2) is 0 Å². The third-order valence-corrected chi connectivity index (χ3v) is 1.90. The Bertz CT molecular complexity index is 299. The molecular weight excluding hydrogens is 196 g/mol. The molecule has 0 bridgehead atoms. The van der Waals surface area contributed by atoms with Crippen LogP contribution in [0.15, 0.2) is 18.2 Å². The quantitative estimate of drug-likeness (QED) is 0.731. The number of hydrogen-bond acceptors (Lipinski definition) is 4. The summed E-state index contributed by atoms with van der Waals surface area (Å²) in [5.41, 5.74) is 0. The van der Waals surface area contributed by atoms with E-state index < -0.39 is 0 Å². The third kappa shape index (κ3) is 3.67. The molecule has 4 heteroatoms. The number of ether oxygens (including phenoxy) is 3. The highest BCUT2D eigenvalue weighted by Crippen LogP contribution is 2.30. The Hall–Kier alpha value is -1.42. The molecule has 84 valence electrons. The number of phenolic OH excluding ortho intramolecular Hbond substituents is 1. The molecule has 0 atom stereocenters. The van der Waals surface area contributed by atoms with Gasteiger partial charge in [-0.15, -0.1) is 0 Å². The fraction of sp³-hybridized carbons (Fsp3) is 0.455. The van der Waals surface area contributed by atoms with Gasteiger partial charge in [0.25, 0.3) is 0 Å². The molecule has 0 unspecified atom stereocenters. The van der Waals surface area contributed by atoms with Crippen molar-refractivity contribution >= 4 is 0 Å². The first kappa shape index (κ1) is 11.7. The van der Waals surface area contributed by atoms with E-state index in [0.29, 0.717) is 24.7 Å². The maximum atomic E-state index is 9.28. The second kappa shape index (κ2) is 6.14. The Morgan fingerprint density at radius 1 is 1.13 bits per heavy atom. The highest BCUT2D eigenvalue weighted by atomic mass is 16.5.